The second-order valence-electron chi connectivity index (χ2n) is 4.91. The van der Waals surface area contributed by atoms with Gasteiger partial charge in [0.1, 0.15) is 5.82 Å². The molecule has 1 aromatic heterocycles. The summed E-state index contributed by atoms with van der Waals surface area (Å²) in [5.41, 5.74) is 1.96. The number of benzene rings is 1. The van der Waals surface area contributed by atoms with Crippen LogP contribution in [0.15, 0.2) is 18.2 Å². The van der Waals surface area contributed by atoms with Crippen molar-refractivity contribution in [2.24, 2.45) is 0 Å². The Kier molecular flexibility index (Phi) is 4.75. The Bertz CT molecular complexity index is 561. The van der Waals surface area contributed by atoms with Gasteiger partial charge in [-0.3, -0.25) is 0 Å². The highest BCUT2D eigenvalue weighted by Gasteiger charge is 2.21. The normalized spacial score (nSPS) is 14.8. The summed E-state index contributed by atoms with van der Waals surface area (Å²) in [5, 5.41) is 0.637. The zero-order valence-corrected chi connectivity index (χ0v) is 13.2. The van der Waals surface area contributed by atoms with Crippen LogP contribution in [0.2, 0.25) is 5.02 Å². The molecule has 1 aromatic carbocycles. The van der Waals surface area contributed by atoms with Crippen LogP contribution >= 0.6 is 23.2 Å². The third-order valence-corrected chi connectivity index (χ3v) is 4.00. The van der Waals surface area contributed by atoms with Crippen molar-refractivity contribution in [3.8, 4) is 0 Å². The highest BCUT2D eigenvalue weighted by atomic mass is 35.5. The van der Waals surface area contributed by atoms with Crippen LogP contribution < -0.4 is 0 Å². The number of alkyl halides is 1. The van der Waals surface area contributed by atoms with E-state index in [0.29, 0.717) is 6.04 Å². The number of imidazole rings is 1. The summed E-state index contributed by atoms with van der Waals surface area (Å²) >= 11 is 12.7. The average Bonchev–Trinajstić information content (AvgIpc) is 2.77. The summed E-state index contributed by atoms with van der Waals surface area (Å²) < 4.78 is 2.25. The zero-order valence-electron chi connectivity index (χ0n) is 11.7. The molecule has 19 heavy (non-hydrogen) atoms. The Balaban J connectivity index is 2.69. The molecule has 1 heterocycles. The van der Waals surface area contributed by atoms with Crippen molar-refractivity contribution in [3.05, 3.63) is 29.0 Å². The molecule has 0 aliphatic heterocycles. The van der Waals surface area contributed by atoms with Crippen LogP contribution in [0.5, 0.6) is 0 Å². The third-order valence-electron chi connectivity index (χ3n) is 3.50. The molecule has 2 unspecified atom stereocenters. The van der Waals surface area contributed by atoms with Gasteiger partial charge in [0.15, 0.2) is 0 Å². The van der Waals surface area contributed by atoms with Crippen molar-refractivity contribution >= 4 is 34.2 Å². The van der Waals surface area contributed by atoms with E-state index in [1.54, 1.807) is 0 Å². The van der Waals surface area contributed by atoms with E-state index < -0.39 is 0 Å². The van der Waals surface area contributed by atoms with Gasteiger partial charge in [-0.2, -0.15) is 0 Å². The molecule has 2 atom stereocenters. The minimum absolute atomic E-state index is 0.116. The second kappa shape index (κ2) is 6.15. The lowest BCUT2D eigenvalue weighted by atomic mass is 10.1. The molecule has 2 nitrogen and oxygen atoms in total. The highest BCUT2D eigenvalue weighted by Crippen LogP contribution is 2.34. The quantitative estimate of drug-likeness (QED) is 0.644. The Hall–Kier alpha value is -0.730. The first kappa shape index (κ1) is 14.7. The molecule has 2 aromatic rings. The molecule has 0 amide bonds. The predicted molar refractivity (Wildman–Crippen MR) is 83.2 cm³/mol. The van der Waals surface area contributed by atoms with Gasteiger partial charge in [-0.05, 0) is 31.9 Å². The summed E-state index contributed by atoms with van der Waals surface area (Å²) in [7, 11) is 0. The van der Waals surface area contributed by atoms with E-state index in [-0.39, 0.29) is 5.38 Å². The van der Waals surface area contributed by atoms with Gasteiger partial charge in [0, 0.05) is 6.04 Å². The third kappa shape index (κ3) is 2.75. The van der Waals surface area contributed by atoms with E-state index >= 15 is 0 Å². The molecule has 2 rings (SSSR count). The van der Waals surface area contributed by atoms with Gasteiger partial charge in [-0.25, -0.2) is 4.98 Å². The SMILES string of the molecule is CCCC(CC)n1c(C(C)Cl)nc2cccc(Cl)c21. The molecular weight excluding hydrogens is 279 g/mol. The molecule has 0 saturated carbocycles. The van der Waals surface area contributed by atoms with Gasteiger partial charge in [0.25, 0.3) is 0 Å². The van der Waals surface area contributed by atoms with Crippen LogP contribution in [0.1, 0.15) is 57.3 Å². The monoisotopic (exact) mass is 298 g/mol. The second-order valence-corrected chi connectivity index (χ2v) is 5.98. The molecule has 4 heteroatoms. The Morgan fingerprint density at radius 3 is 2.63 bits per heavy atom. The summed E-state index contributed by atoms with van der Waals surface area (Å²) in [5.74, 6) is 0.921. The van der Waals surface area contributed by atoms with Gasteiger partial charge in [-0.1, -0.05) is 37.9 Å². The fraction of sp³-hybridized carbons (Fsp3) is 0.533. The maximum Gasteiger partial charge on any atom is 0.128 e. The zero-order chi connectivity index (χ0) is 14.0. The van der Waals surface area contributed by atoms with Crippen LogP contribution in [-0.4, -0.2) is 9.55 Å². The molecule has 0 radical (unpaired) electrons. The molecular formula is C15H20Cl2N2. The Morgan fingerprint density at radius 2 is 2.05 bits per heavy atom. The van der Waals surface area contributed by atoms with E-state index in [4.69, 9.17) is 23.2 Å². The summed E-state index contributed by atoms with van der Waals surface area (Å²) in [6, 6.07) is 6.26. The van der Waals surface area contributed by atoms with E-state index in [9.17, 15) is 0 Å². The molecule has 0 bridgehead atoms. The number of rotatable bonds is 5. The lowest BCUT2D eigenvalue weighted by Crippen LogP contribution is -2.12. The first-order valence-corrected chi connectivity index (χ1v) is 7.71. The predicted octanol–water partition coefficient (Wildman–Crippen LogP) is 5.74. The van der Waals surface area contributed by atoms with Crippen molar-refractivity contribution in [2.45, 2.75) is 51.5 Å². The van der Waals surface area contributed by atoms with E-state index in [1.807, 2.05) is 25.1 Å². The molecule has 0 aliphatic carbocycles. The number of hydrogen-bond donors (Lipinski definition) is 0. The lowest BCUT2D eigenvalue weighted by Gasteiger charge is -2.21. The number of nitrogens with zero attached hydrogens (tertiary/aromatic N) is 2. The fourth-order valence-electron chi connectivity index (χ4n) is 2.62. The molecule has 104 valence electrons. The van der Waals surface area contributed by atoms with Crippen molar-refractivity contribution in [1.82, 2.24) is 9.55 Å². The van der Waals surface area contributed by atoms with Crippen molar-refractivity contribution in [3.63, 3.8) is 0 Å². The fourth-order valence-corrected chi connectivity index (χ4v) is 3.04. The van der Waals surface area contributed by atoms with E-state index in [2.05, 4.69) is 23.4 Å². The number of halogens is 2. The first-order valence-electron chi connectivity index (χ1n) is 6.90. The van der Waals surface area contributed by atoms with Crippen LogP contribution in [0.3, 0.4) is 0 Å². The standard InChI is InChI=1S/C15H20Cl2N2/c1-4-7-11(5-2)19-14-12(17)8-6-9-13(14)18-15(19)10(3)16/h6,8-11H,4-5,7H2,1-3H3. The van der Waals surface area contributed by atoms with Crippen LogP contribution in [0.4, 0.5) is 0 Å². The van der Waals surface area contributed by atoms with Gasteiger partial charge in [0.2, 0.25) is 0 Å². The maximum absolute atomic E-state index is 6.38. The summed E-state index contributed by atoms with van der Waals surface area (Å²) in [4.78, 5) is 4.67. The van der Waals surface area contributed by atoms with Crippen LogP contribution in [-0.2, 0) is 0 Å². The molecule has 0 fully saturated rings. The van der Waals surface area contributed by atoms with Crippen molar-refractivity contribution < 1.29 is 0 Å². The molecule has 0 N–H and O–H groups in total. The summed E-state index contributed by atoms with van der Waals surface area (Å²) in [6.45, 7) is 6.37. The average molecular weight is 299 g/mol. The first-order chi connectivity index (χ1) is 9.10. The molecule has 0 saturated heterocycles. The Labute approximate surface area is 124 Å². The van der Waals surface area contributed by atoms with Gasteiger partial charge in [0.05, 0.1) is 21.4 Å². The van der Waals surface area contributed by atoms with E-state index in [1.165, 1.54) is 0 Å². The maximum atomic E-state index is 6.38. The largest absolute Gasteiger partial charge is 0.322 e. The van der Waals surface area contributed by atoms with Gasteiger partial charge >= 0.3 is 0 Å². The van der Waals surface area contributed by atoms with Crippen molar-refractivity contribution in [1.29, 1.82) is 0 Å². The number of hydrogen-bond acceptors (Lipinski definition) is 1. The Morgan fingerprint density at radius 1 is 1.32 bits per heavy atom. The minimum atomic E-state index is -0.116. The van der Waals surface area contributed by atoms with Gasteiger partial charge in [-0.15, -0.1) is 11.6 Å². The topological polar surface area (TPSA) is 17.8 Å². The minimum Gasteiger partial charge on any atom is -0.322 e. The smallest absolute Gasteiger partial charge is 0.128 e. The lowest BCUT2D eigenvalue weighted by molar-refractivity contribution is 0.444. The van der Waals surface area contributed by atoms with Crippen LogP contribution in [0, 0.1) is 0 Å². The number of fused-ring (bicyclic) bond motifs is 1. The van der Waals surface area contributed by atoms with Crippen LogP contribution in [0.25, 0.3) is 11.0 Å². The van der Waals surface area contributed by atoms with Gasteiger partial charge < -0.3 is 4.57 Å². The number of para-hydroxylation sites is 1. The number of aromatic nitrogens is 2. The van der Waals surface area contributed by atoms with Crippen molar-refractivity contribution in [2.75, 3.05) is 0 Å². The summed E-state index contributed by atoms with van der Waals surface area (Å²) in [6.07, 6.45) is 3.31. The van der Waals surface area contributed by atoms with E-state index in [0.717, 1.165) is 41.1 Å². The highest BCUT2D eigenvalue weighted by molar-refractivity contribution is 6.35. The molecule has 0 spiro atoms. The molecule has 0 aliphatic rings.